The first-order valence-corrected chi connectivity index (χ1v) is 5.83. The predicted octanol–water partition coefficient (Wildman–Crippen LogP) is 2.21. The number of anilines is 2. The normalized spacial score (nSPS) is 10.1. The molecule has 0 amide bonds. The number of rotatable bonds is 5. The molecule has 0 atom stereocenters. The van der Waals surface area contributed by atoms with Gasteiger partial charge in [-0.25, -0.2) is 9.97 Å². The van der Waals surface area contributed by atoms with Gasteiger partial charge < -0.3 is 15.8 Å². The maximum atomic E-state index is 5.70. The Labute approximate surface area is 110 Å². The molecule has 0 aliphatic rings. The summed E-state index contributed by atoms with van der Waals surface area (Å²) >= 11 is 5.70. The van der Waals surface area contributed by atoms with Crippen LogP contribution in [-0.2, 0) is 0 Å². The van der Waals surface area contributed by atoms with Gasteiger partial charge in [0.2, 0.25) is 5.95 Å². The highest BCUT2D eigenvalue weighted by Gasteiger charge is 1.98. The third kappa shape index (κ3) is 3.58. The summed E-state index contributed by atoms with van der Waals surface area (Å²) in [6.07, 6.45) is 3.07. The van der Waals surface area contributed by atoms with Gasteiger partial charge in [-0.3, -0.25) is 0 Å². The van der Waals surface area contributed by atoms with E-state index in [1.807, 2.05) is 24.3 Å². The third-order valence-electron chi connectivity index (χ3n) is 2.12. The van der Waals surface area contributed by atoms with E-state index in [1.54, 1.807) is 0 Å². The fourth-order valence-electron chi connectivity index (χ4n) is 1.32. The molecule has 2 rings (SSSR count). The van der Waals surface area contributed by atoms with Crippen molar-refractivity contribution in [3.63, 3.8) is 0 Å². The van der Waals surface area contributed by atoms with Crippen molar-refractivity contribution in [3.05, 3.63) is 41.7 Å². The zero-order valence-electron chi connectivity index (χ0n) is 9.64. The lowest BCUT2D eigenvalue weighted by molar-refractivity contribution is 0.328. The number of aromatic nitrogens is 2. The predicted molar refractivity (Wildman–Crippen MR) is 71.3 cm³/mol. The maximum Gasteiger partial charge on any atom is 0.227 e. The average molecular weight is 265 g/mol. The largest absolute Gasteiger partial charge is 0.492 e. The van der Waals surface area contributed by atoms with Crippen molar-refractivity contribution in [3.8, 4) is 5.75 Å². The Balaban J connectivity index is 1.99. The summed E-state index contributed by atoms with van der Waals surface area (Å²) in [6.45, 7) is 1.01. The van der Waals surface area contributed by atoms with Crippen LogP contribution in [0.4, 0.5) is 11.6 Å². The summed E-state index contributed by atoms with van der Waals surface area (Å²) in [7, 11) is 0. The number of nitrogens with two attached hydrogens (primary N) is 1. The lowest BCUT2D eigenvalue weighted by Gasteiger charge is -2.07. The van der Waals surface area contributed by atoms with Crippen molar-refractivity contribution >= 4 is 23.2 Å². The highest BCUT2D eigenvalue weighted by molar-refractivity contribution is 6.30. The molecule has 6 heteroatoms. The quantitative estimate of drug-likeness (QED) is 0.866. The van der Waals surface area contributed by atoms with Crippen LogP contribution in [0.2, 0.25) is 5.02 Å². The molecule has 1 aromatic heterocycles. The SMILES string of the molecule is NCCOc1ccc(Nc2ncc(Cl)cn2)cc1. The molecule has 0 unspecified atom stereocenters. The van der Waals surface area contributed by atoms with Gasteiger partial charge in [0.25, 0.3) is 0 Å². The van der Waals surface area contributed by atoms with Crippen LogP contribution >= 0.6 is 11.6 Å². The third-order valence-corrected chi connectivity index (χ3v) is 2.31. The molecule has 0 radical (unpaired) electrons. The molecule has 0 bridgehead atoms. The number of ether oxygens (including phenoxy) is 1. The van der Waals surface area contributed by atoms with Crippen LogP contribution in [-0.4, -0.2) is 23.1 Å². The van der Waals surface area contributed by atoms with Crippen LogP contribution in [0.3, 0.4) is 0 Å². The molecular formula is C12H13ClN4O. The summed E-state index contributed by atoms with van der Waals surface area (Å²) in [5.74, 6) is 1.28. The Bertz CT molecular complexity index is 486. The van der Waals surface area contributed by atoms with Crippen LogP contribution in [0, 0.1) is 0 Å². The summed E-state index contributed by atoms with van der Waals surface area (Å²) < 4.78 is 5.37. The Hall–Kier alpha value is -1.85. The smallest absolute Gasteiger partial charge is 0.227 e. The summed E-state index contributed by atoms with van der Waals surface area (Å²) in [5.41, 5.74) is 6.23. The standard InChI is InChI=1S/C12H13ClN4O/c13-9-7-15-12(16-8-9)17-10-1-3-11(4-2-10)18-6-5-14/h1-4,7-8H,5-6,14H2,(H,15,16,17). The van der Waals surface area contributed by atoms with Crippen molar-refractivity contribution in [2.24, 2.45) is 5.73 Å². The molecule has 0 fully saturated rings. The number of halogens is 1. The van der Waals surface area contributed by atoms with E-state index in [2.05, 4.69) is 15.3 Å². The minimum absolute atomic E-state index is 0.495. The molecule has 94 valence electrons. The summed E-state index contributed by atoms with van der Waals surface area (Å²) in [4.78, 5) is 8.09. The van der Waals surface area contributed by atoms with E-state index < -0.39 is 0 Å². The van der Waals surface area contributed by atoms with Gasteiger partial charge in [0.05, 0.1) is 17.4 Å². The van der Waals surface area contributed by atoms with Crippen LogP contribution in [0.25, 0.3) is 0 Å². The summed E-state index contributed by atoms with van der Waals surface area (Å²) in [5, 5.41) is 3.56. The van der Waals surface area contributed by atoms with Crippen LogP contribution in [0.15, 0.2) is 36.7 Å². The molecular weight excluding hydrogens is 252 g/mol. The zero-order valence-corrected chi connectivity index (χ0v) is 10.4. The number of nitrogens with zero attached hydrogens (tertiary/aromatic N) is 2. The first kappa shape index (κ1) is 12.6. The van der Waals surface area contributed by atoms with Crippen LogP contribution in [0.5, 0.6) is 5.75 Å². The lowest BCUT2D eigenvalue weighted by atomic mass is 10.3. The second kappa shape index (κ2) is 6.18. The van der Waals surface area contributed by atoms with E-state index in [-0.39, 0.29) is 0 Å². The van der Waals surface area contributed by atoms with Gasteiger partial charge in [-0.15, -0.1) is 0 Å². The van der Waals surface area contributed by atoms with E-state index >= 15 is 0 Å². The van der Waals surface area contributed by atoms with Gasteiger partial charge in [-0.05, 0) is 24.3 Å². The van der Waals surface area contributed by atoms with Crippen molar-refractivity contribution < 1.29 is 4.74 Å². The van der Waals surface area contributed by atoms with E-state index in [1.165, 1.54) is 12.4 Å². The second-order valence-corrected chi connectivity index (χ2v) is 3.95. The highest BCUT2D eigenvalue weighted by Crippen LogP contribution is 2.18. The molecule has 0 saturated carbocycles. The summed E-state index contributed by atoms with van der Waals surface area (Å²) in [6, 6.07) is 7.47. The van der Waals surface area contributed by atoms with Gasteiger partial charge >= 0.3 is 0 Å². The van der Waals surface area contributed by atoms with Gasteiger partial charge in [-0.2, -0.15) is 0 Å². The first-order chi connectivity index (χ1) is 8.78. The zero-order chi connectivity index (χ0) is 12.8. The van der Waals surface area contributed by atoms with E-state index in [4.69, 9.17) is 22.1 Å². The van der Waals surface area contributed by atoms with Crippen LogP contribution < -0.4 is 15.8 Å². The van der Waals surface area contributed by atoms with Crippen molar-refractivity contribution in [1.29, 1.82) is 0 Å². The molecule has 2 aromatic rings. The van der Waals surface area contributed by atoms with Crippen molar-refractivity contribution in [2.45, 2.75) is 0 Å². The van der Waals surface area contributed by atoms with Gasteiger partial charge in [0.1, 0.15) is 12.4 Å². The van der Waals surface area contributed by atoms with Gasteiger partial charge in [0, 0.05) is 12.2 Å². The molecule has 1 aromatic carbocycles. The van der Waals surface area contributed by atoms with E-state index in [0.29, 0.717) is 24.1 Å². The number of benzene rings is 1. The number of nitrogens with one attached hydrogen (secondary N) is 1. The molecule has 3 N–H and O–H groups in total. The van der Waals surface area contributed by atoms with Crippen molar-refractivity contribution in [1.82, 2.24) is 9.97 Å². The van der Waals surface area contributed by atoms with Gasteiger partial charge in [0.15, 0.2) is 0 Å². The van der Waals surface area contributed by atoms with Gasteiger partial charge in [-0.1, -0.05) is 11.6 Å². The molecule has 0 saturated heterocycles. The van der Waals surface area contributed by atoms with E-state index in [0.717, 1.165) is 11.4 Å². The fraction of sp³-hybridized carbons (Fsp3) is 0.167. The van der Waals surface area contributed by atoms with Crippen molar-refractivity contribution in [2.75, 3.05) is 18.5 Å². The highest BCUT2D eigenvalue weighted by atomic mass is 35.5. The molecule has 18 heavy (non-hydrogen) atoms. The maximum absolute atomic E-state index is 5.70. The Morgan fingerprint density at radius 1 is 1.17 bits per heavy atom. The minimum atomic E-state index is 0.495. The number of hydrogen-bond acceptors (Lipinski definition) is 5. The lowest BCUT2D eigenvalue weighted by Crippen LogP contribution is -2.10. The minimum Gasteiger partial charge on any atom is -0.492 e. The average Bonchev–Trinajstić information content (AvgIpc) is 2.41. The fourth-order valence-corrected chi connectivity index (χ4v) is 1.41. The monoisotopic (exact) mass is 264 g/mol. The Morgan fingerprint density at radius 2 is 1.83 bits per heavy atom. The molecule has 0 spiro atoms. The Kier molecular flexibility index (Phi) is 4.33. The van der Waals surface area contributed by atoms with E-state index in [9.17, 15) is 0 Å². The number of hydrogen-bond donors (Lipinski definition) is 2. The second-order valence-electron chi connectivity index (χ2n) is 3.51. The molecule has 5 nitrogen and oxygen atoms in total. The molecule has 0 aliphatic carbocycles. The topological polar surface area (TPSA) is 73.1 Å². The Morgan fingerprint density at radius 3 is 2.44 bits per heavy atom. The molecule has 1 heterocycles. The first-order valence-electron chi connectivity index (χ1n) is 5.45. The molecule has 0 aliphatic heterocycles. The van der Waals surface area contributed by atoms with Crippen LogP contribution in [0.1, 0.15) is 0 Å².